The number of carbonyl (C=O) groups is 1. The van der Waals surface area contributed by atoms with E-state index in [1.54, 1.807) is 25.1 Å². The quantitative estimate of drug-likeness (QED) is 0.636. The summed E-state index contributed by atoms with van der Waals surface area (Å²) >= 11 is 1.67. The van der Waals surface area contributed by atoms with Crippen molar-refractivity contribution in [1.82, 2.24) is 0 Å². The normalized spacial score (nSPS) is 38.7. The van der Waals surface area contributed by atoms with Crippen LogP contribution in [0, 0.1) is 17.3 Å². The van der Waals surface area contributed by atoms with E-state index in [9.17, 15) is 9.90 Å². The van der Waals surface area contributed by atoms with Gasteiger partial charge in [-0.05, 0) is 0 Å². The summed E-state index contributed by atoms with van der Waals surface area (Å²) in [6.45, 7) is 0.489. The maximum atomic E-state index is 12.0. The van der Waals surface area contributed by atoms with Gasteiger partial charge in [0.2, 0.25) is 0 Å². The Kier molecular flexibility index (Phi) is 3.88. The average molecular weight is 505 g/mol. The first-order valence-corrected chi connectivity index (χ1v) is 10.1. The van der Waals surface area contributed by atoms with Gasteiger partial charge in [0, 0.05) is 0 Å². The van der Waals surface area contributed by atoms with Gasteiger partial charge in [0.1, 0.15) is 0 Å². The standard InChI is InChI=1S/C19H22NO2.Po/c21-18(22)17(20-12-13-4-2-1-3-5-13)19-9-14-6-15(10-19)8-16(7-14)11-19;/h1-5,14-15H,6-12H2,(H,21,22);. The van der Waals surface area contributed by atoms with Gasteiger partial charge in [-0.25, -0.2) is 0 Å². The number of carboxylic acids is 1. The first-order chi connectivity index (χ1) is 11.0. The van der Waals surface area contributed by atoms with Crippen LogP contribution >= 0.6 is 0 Å². The van der Waals surface area contributed by atoms with Crippen molar-refractivity contribution in [2.24, 2.45) is 22.2 Å². The first kappa shape index (κ1) is 15.8. The van der Waals surface area contributed by atoms with Crippen LogP contribution < -0.4 is 0 Å². The Labute approximate surface area is 152 Å². The number of nitrogens with zero attached hydrogens (tertiary/aromatic N) is 1. The van der Waals surface area contributed by atoms with Crippen LogP contribution in [0.3, 0.4) is 0 Å². The molecule has 1 radical (unpaired) electrons. The molecule has 23 heavy (non-hydrogen) atoms. The Balaban J connectivity index is 1.66. The third kappa shape index (κ3) is 2.89. The van der Waals surface area contributed by atoms with Gasteiger partial charge in [0.25, 0.3) is 0 Å². The molecule has 2 atom stereocenters. The molecule has 4 saturated carbocycles. The fourth-order valence-electron chi connectivity index (χ4n) is 5.67. The Hall–Kier alpha value is -0.744. The number of hydrogen-bond donors (Lipinski definition) is 1. The van der Waals surface area contributed by atoms with Gasteiger partial charge >= 0.3 is 153 Å². The fourth-order valence-corrected chi connectivity index (χ4v) is 8.58. The van der Waals surface area contributed by atoms with E-state index in [2.05, 4.69) is 4.99 Å². The molecule has 0 spiro atoms. The van der Waals surface area contributed by atoms with Crippen LogP contribution in [0.4, 0.5) is 0 Å². The second kappa shape index (κ2) is 5.66. The minimum atomic E-state index is -0.790. The van der Waals surface area contributed by atoms with E-state index >= 15 is 0 Å². The van der Waals surface area contributed by atoms with Crippen LogP contribution in [-0.4, -0.2) is 41.9 Å². The summed E-state index contributed by atoms with van der Waals surface area (Å²) in [5.41, 5.74) is 1.42. The fraction of sp³-hybridized carbons (Fsp3) is 0.579. The Bertz CT molecular complexity index is 641. The van der Waals surface area contributed by atoms with Crippen molar-refractivity contribution < 1.29 is 9.90 Å². The molecule has 121 valence electrons. The van der Waals surface area contributed by atoms with Gasteiger partial charge in [0.15, 0.2) is 0 Å². The molecule has 0 heterocycles. The van der Waals surface area contributed by atoms with E-state index < -0.39 is 5.97 Å². The molecule has 4 aliphatic rings. The van der Waals surface area contributed by atoms with E-state index in [4.69, 9.17) is 0 Å². The number of benzene rings is 1. The Morgan fingerprint density at radius 1 is 1.17 bits per heavy atom. The van der Waals surface area contributed by atoms with Gasteiger partial charge in [-0.3, -0.25) is 0 Å². The molecule has 1 aromatic rings. The topological polar surface area (TPSA) is 49.7 Å². The number of aliphatic imine (C=N–C) groups is 1. The van der Waals surface area contributed by atoms with Gasteiger partial charge in [0.05, 0.1) is 0 Å². The van der Waals surface area contributed by atoms with Crippen LogP contribution in [0.15, 0.2) is 35.3 Å². The monoisotopic (exact) mass is 505 g/mol. The molecule has 0 aromatic heterocycles. The summed E-state index contributed by atoms with van der Waals surface area (Å²) in [4.78, 5) is 16.7. The molecule has 1 N–H and O–H groups in total. The zero-order chi connectivity index (χ0) is 16.1. The molecule has 4 heteroatoms. The SMILES string of the molecule is O=C(O)C(=NCc1ccccc1)C12CC3CC(C[C]([Po])(C3)C1)C2. The van der Waals surface area contributed by atoms with E-state index in [0.29, 0.717) is 15.3 Å². The molecular weight excluding hydrogens is 483 g/mol. The number of aliphatic carboxylic acids is 1. The molecule has 4 aliphatic carbocycles. The van der Waals surface area contributed by atoms with Gasteiger partial charge < -0.3 is 0 Å². The molecule has 5 rings (SSSR count). The summed E-state index contributed by atoms with van der Waals surface area (Å²) in [6, 6.07) is 10.00. The minimum absolute atomic E-state index is 0.146. The van der Waals surface area contributed by atoms with Crippen molar-refractivity contribution in [1.29, 1.82) is 0 Å². The van der Waals surface area contributed by atoms with Crippen LogP contribution in [0.25, 0.3) is 0 Å². The second-order valence-corrected chi connectivity index (χ2v) is 11.2. The number of hydrogen-bond acceptors (Lipinski definition) is 2. The first-order valence-electron chi connectivity index (χ1n) is 8.51. The molecule has 4 fully saturated rings. The van der Waals surface area contributed by atoms with Gasteiger partial charge in [-0.15, -0.1) is 0 Å². The van der Waals surface area contributed by atoms with E-state index in [1.807, 2.05) is 30.3 Å². The molecule has 0 saturated heterocycles. The van der Waals surface area contributed by atoms with Crippen molar-refractivity contribution in [3.05, 3.63) is 35.9 Å². The maximum absolute atomic E-state index is 12.0. The molecular formula is C19H22NO2Po. The predicted octanol–water partition coefficient (Wildman–Crippen LogP) is 3.64. The molecule has 3 nitrogen and oxygen atoms in total. The molecule has 0 amide bonds. The zero-order valence-corrected chi connectivity index (χ0v) is 16.4. The van der Waals surface area contributed by atoms with E-state index in [0.717, 1.165) is 36.7 Å². The predicted molar refractivity (Wildman–Crippen MR) is 90.8 cm³/mol. The molecule has 4 bridgehead atoms. The van der Waals surface area contributed by atoms with Crippen LogP contribution in [-0.2, 0) is 11.3 Å². The summed E-state index contributed by atoms with van der Waals surface area (Å²) in [7, 11) is 0. The van der Waals surface area contributed by atoms with Crippen molar-refractivity contribution in [2.45, 2.75) is 48.1 Å². The van der Waals surface area contributed by atoms with Gasteiger partial charge in [-0.2, -0.15) is 0 Å². The second-order valence-electron chi connectivity index (χ2n) is 7.88. The summed E-state index contributed by atoms with van der Waals surface area (Å²) in [5, 5.41) is 9.87. The van der Waals surface area contributed by atoms with Crippen LogP contribution in [0.1, 0.15) is 44.1 Å². The number of rotatable bonds is 4. The molecule has 2 unspecified atom stereocenters. The summed E-state index contributed by atoms with van der Waals surface area (Å²) < 4.78 is 0.424. The molecule has 1 aromatic carbocycles. The van der Waals surface area contributed by atoms with E-state index in [-0.39, 0.29) is 5.41 Å². The zero-order valence-electron chi connectivity index (χ0n) is 13.2. The van der Waals surface area contributed by atoms with Crippen molar-refractivity contribution in [3.63, 3.8) is 0 Å². The summed E-state index contributed by atoms with van der Waals surface area (Å²) in [6.07, 6.45) is 7.14. The number of carboxylic acid groups (broad SMARTS) is 1. The van der Waals surface area contributed by atoms with E-state index in [1.165, 1.54) is 19.3 Å². The van der Waals surface area contributed by atoms with Crippen molar-refractivity contribution in [3.8, 4) is 0 Å². The summed E-state index contributed by atoms with van der Waals surface area (Å²) in [5.74, 6) is 0.673. The average Bonchev–Trinajstić information content (AvgIpc) is 2.45. The Morgan fingerprint density at radius 3 is 2.39 bits per heavy atom. The van der Waals surface area contributed by atoms with Crippen molar-refractivity contribution >= 4 is 36.7 Å². The van der Waals surface area contributed by atoms with Crippen molar-refractivity contribution in [2.75, 3.05) is 0 Å². The van der Waals surface area contributed by atoms with Crippen LogP contribution in [0.5, 0.6) is 0 Å². The van der Waals surface area contributed by atoms with Crippen LogP contribution in [0.2, 0.25) is 3.07 Å². The molecule has 0 aliphatic heterocycles. The Morgan fingerprint density at radius 2 is 1.83 bits per heavy atom. The third-order valence-corrected chi connectivity index (χ3v) is 7.83. The third-order valence-electron chi connectivity index (χ3n) is 5.97. The van der Waals surface area contributed by atoms with Gasteiger partial charge in [-0.1, -0.05) is 0 Å².